The summed E-state index contributed by atoms with van der Waals surface area (Å²) in [6.07, 6.45) is 1.32. The number of phenols is 1. The van der Waals surface area contributed by atoms with Gasteiger partial charge in [0.05, 0.1) is 0 Å². The number of nitrogens with zero attached hydrogens (tertiary/aromatic N) is 2. The predicted molar refractivity (Wildman–Crippen MR) is 79.4 cm³/mol. The van der Waals surface area contributed by atoms with Gasteiger partial charge in [0.2, 0.25) is 11.8 Å². The molecule has 1 aliphatic rings. The topological polar surface area (TPSA) is 138 Å². The van der Waals surface area contributed by atoms with Gasteiger partial charge in [-0.1, -0.05) is 12.1 Å². The number of phenolic OH excluding ortho intramolecular Hbond substituents is 1. The molecule has 9 heteroatoms. The lowest BCUT2D eigenvalue weighted by atomic mass is 10.1. The van der Waals surface area contributed by atoms with Crippen LogP contribution in [-0.4, -0.2) is 51.9 Å². The molecule has 0 radical (unpaired) electrons. The van der Waals surface area contributed by atoms with Crippen molar-refractivity contribution < 1.29 is 29.5 Å². The molecular formula is C14H18N2O7. The van der Waals surface area contributed by atoms with E-state index in [1.807, 2.05) is 0 Å². The summed E-state index contributed by atoms with van der Waals surface area (Å²) in [5.41, 5.74) is 1.00. The van der Waals surface area contributed by atoms with Gasteiger partial charge in [-0.05, 0) is 24.1 Å². The SMILES string of the molecule is C[N+](=O)[O-].O=C1CCC(=O)N1CCc1ccc(O)cc1.O=CO. The van der Waals surface area contributed by atoms with Crippen LogP contribution < -0.4 is 0 Å². The van der Waals surface area contributed by atoms with Gasteiger partial charge in [-0.25, -0.2) is 0 Å². The van der Waals surface area contributed by atoms with E-state index in [1.54, 1.807) is 24.3 Å². The highest BCUT2D eigenvalue weighted by Crippen LogP contribution is 2.14. The zero-order valence-corrected chi connectivity index (χ0v) is 12.5. The number of nitro groups is 1. The Balaban J connectivity index is 0.000000591. The van der Waals surface area contributed by atoms with Crippen molar-refractivity contribution in [3.63, 3.8) is 0 Å². The van der Waals surface area contributed by atoms with Crippen molar-refractivity contribution in [2.45, 2.75) is 19.3 Å². The van der Waals surface area contributed by atoms with Crippen LogP contribution in [0.25, 0.3) is 0 Å². The lowest BCUT2D eigenvalue weighted by Gasteiger charge is -2.13. The van der Waals surface area contributed by atoms with Crippen LogP contribution in [-0.2, 0) is 20.8 Å². The molecule has 0 saturated carbocycles. The lowest BCUT2D eigenvalue weighted by molar-refractivity contribution is -0.445. The number of imide groups is 1. The first kappa shape index (κ1) is 20.0. The Hall–Kier alpha value is -2.97. The van der Waals surface area contributed by atoms with Crippen LogP contribution in [0.5, 0.6) is 5.75 Å². The smallest absolute Gasteiger partial charge is 0.290 e. The second-order valence-electron chi connectivity index (χ2n) is 4.40. The number of likely N-dealkylation sites (tertiary alicyclic amines) is 1. The van der Waals surface area contributed by atoms with Gasteiger partial charge < -0.3 is 10.2 Å². The number of hydrogen-bond donors (Lipinski definition) is 2. The van der Waals surface area contributed by atoms with Crippen LogP contribution in [0.3, 0.4) is 0 Å². The van der Waals surface area contributed by atoms with Gasteiger partial charge in [-0.3, -0.25) is 29.4 Å². The third kappa shape index (κ3) is 8.81. The molecule has 9 nitrogen and oxygen atoms in total. The molecule has 2 rings (SSSR count). The Morgan fingerprint density at radius 1 is 1.22 bits per heavy atom. The molecule has 0 spiro atoms. The third-order valence-electron chi connectivity index (χ3n) is 2.72. The van der Waals surface area contributed by atoms with E-state index < -0.39 is 4.92 Å². The van der Waals surface area contributed by atoms with Crippen molar-refractivity contribution in [2.24, 2.45) is 0 Å². The first-order valence-electron chi connectivity index (χ1n) is 6.58. The van der Waals surface area contributed by atoms with Gasteiger partial charge in [-0.15, -0.1) is 0 Å². The normalized spacial score (nSPS) is 12.7. The Morgan fingerprint density at radius 2 is 1.61 bits per heavy atom. The maximum atomic E-state index is 11.3. The number of carbonyl (C=O) groups excluding carboxylic acids is 2. The summed E-state index contributed by atoms with van der Waals surface area (Å²) in [6, 6.07) is 6.78. The lowest BCUT2D eigenvalue weighted by Crippen LogP contribution is -2.31. The highest BCUT2D eigenvalue weighted by atomic mass is 16.6. The van der Waals surface area contributed by atoms with Gasteiger partial charge >= 0.3 is 0 Å². The molecule has 1 heterocycles. The maximum absolute atomic E-state index is 11.3. The summed E-state index contributed by atoms with van der Waals surface area (Å²) in [6.45, 7) is 0.183. The van der Waals surface area contributed by atoms with Crippen molar-refractivity contribution in [2.75, 3.05) is 13.6 Å². The second-order valence-corrected chi connectivity index (χ2v) is 4.40. The van der Waals surface area contributed by atoms with E-state index in [-0.39, 0.29) is 24.0 Å². The molecule has 1 aromatic rings. The predicted octanol–water partition coefficient (Wildman–Crippen LogP) is 0.677. The molecule has 1 aromatic carbocycles. The van der Waals surface area contributed by atoms with Crippen molar-refractivity contribution in [1.82, 2.24) is 4.90 Å². The van der Waals surface area contributed by atoms with E-state index in [2.05, 4.69) is 0 Å². The molecule has 0 bridgehead atoms. The van der Waals surface area contributed by atoms with E-state index in [0.29, 0.717) is 25.8 Å². The molecule has 0 atom stereocenters. The number of benzene rings is 1. The average Bonchev–Trinajstić information content (AvgIpc) is 2.78. The third-order valence-corrected chi connectivity index (χ3v) is 2.72. The van der Waals surface area contributed by atoms with Gasteiger partial charge in [0.15, 0.2) is 7.05 Å². The number of carboxylic acid groups (broad SMARTS) is 1. The van der Waals surface area contributed by atoms with E-state index in [9.17, 15) is 9.59 Å². The molecular weight excluding hydrogens is 308 g/mol. The van der Waals surface area contributed by atoms with Crippen LogP contribution in [0.2, 0.25) is 0 Å². The van der Waals surface area contributed by atoms with E-state index in [4.69, 9.17) is 25.1 Å². The summed E-state index contributed by atoms with van der Waals surface area (Å²) >= 11 is 0. The summed E-state index contributed by atoms with van der Waals surface area (Å²) in [5.74, 6) is 0.0598. The van der Waals surface area contributed by atoms with Crippen LogP contribution >= 0.6 is 0 Å². The Bertz CT molecular complexity index is 523. The maximum Gasteiger partial charge on any atom is 0.290 e. The minimum absolute atomic E-state index is 0.0798. The number of rotatable bonds is 3. The van der Waals surface area contributed by atoms with E-state index in [0.717, 1.165) is 12.6 Å². The molecule has 1 saturated heterocycles. The van der Waals surface area contributed by atoms with E-state index in [1.165, 1.54) is 4.90 Å². The minimum Gasteiger partial charge on any atom is -0.508 e. The second kappa shape index (κ2) is 10.7. The zero-order chi connectivity index (χ0) is 17.8. The molecule has 2 N–H and O–H groups in total. The van der Waals surface area contributed by atoms with Crippen LogP contribution in [0, 0.1) is 10.1 Å². The number of aromatic hydroxyl groups is 1. The zero-order valence-electron chi connectivity index (χ0n) is 12.5. The highest BCUT2D eigenvalue weighted by molar-refractivity contribution is 6.01. The Kier molecular flexibility index (Phi) is 9.33. The molecule has 23 heavy (non-hydrogen) atoms. The quantitative estimate of drug-likeness (QED) is 0.360. The van der Waals surface area contributed by atoms with Gasteiger partial charge in [0, 0.05) is 24.3 Å². The molecule has 0 unspecified atom stereocenters. The number of amides is 2. The standard InChI is InChI=1S/C12H13NO3.CH3NO2.CH2O2/c14-10-3-1-9(2-4-10)7-8-13-11(15)5-6-12(13)16;1-2(3)4;2-1-3/h1-4,14H,5-8H2;1H3;1H,(H,2,3). The van der Waals surface area contributed by atoms with Gasteiger partial charge in [0.25, 0.3) is 6.47 Å². The van der Waals surface area contributed by atoms with Crippen LogP contribution in [0.4, 0.5) is 0 Å². The Labute approximate surface area is 132 Å². The first-order valence-corrected chi connectivity index (χ1v) is 6.58. The molecule has 1 fully saturated rings. The van der Waals surface area contributed by atoms with Crippen molar-refractivity contribution in [3.05, 3.63) is 39.9 Å². The fraction of sp³-hybridized carbons (Fsp3) is 0.357. The highest BCUT2D eigenvalue weighted by Gasteiger charge is 2.27. The molecule has 0 aromatic heterocycles. The molecule has 126 valence electrons. The largest absolute Gasteiger partial charge is 0.508 e. The molecule has 1 aliphatic heterocycles. The monoisotopic (exact) mass is 326 g/mol. The molecule has 0 aliphatic carbocycles. The van der Waals surface area contributed by atoms with Crippen LogP contribution in [0.15, 0.2) is 24.3 Å². The van der Waals surface area contributed by atoms with Crippen molar-refractivity contribution in [3.8, 4) is 5.75 Å². The summed E-state index contributed by atoms with van der Waals surface area (Å²) in [7, 11) is 0.889. The van der Waals surface area contributed by atoms with Gasteiger partial charge in [0.1, 0.15) is 5.75 Å². The summed E-state index contributed by atoms with van der Waals surface area (Å²) in [5, 5.41) is 24.8. The summed E-state index contributed by atoms with van der Waals surface area (Å²) in [4.78, 5) is 40.6. The first-order chi connectivity index (χ1) is 10.8. The van der Waals surface area contributed by atoms with Crippen LogP contribution in [0.1, 0.15) is 18.4 Å². The van der Waals surface area contributed by atoms with Crippen molar-refractivity contribution in [1.29, 1.82) is 0 Å². The molecule has 2 amide bonds. The van der Waals surface area contributed by atoms with Gasteiger partial charge in [-0.2, -0.15) is 0 Å². The fourth-order valence-electron chi connectivity index (χ4n) is 1.78. The van der Waals surface area contributed by atoms with Crippen molar-refractivity contribution >= 4 is 18.3 Å². The number of carbonyl (C=O) groups is 3. The number of hydrogen-bond acceptors (Lipinski definition) is 6. The average molecular weight is 326 g/mol. The van der Waals surface area contributed by atoms with E-state index >= 15 is 0 Å². The minimum atomic E-state index is -0.500. The Morgan fingerprint density at radius 3 is 2.00 bits per heavy atom. The fourth-order valence-corrected chi connectivity index (χ4v) is 1.78. The summed E-state index contributed by atoms with van der Waals surface area (Å²) < 4.78 is 0.